The van der Waals surface area contributed by atoms with Crippen LogP contribution in [0.15, 0.2) is 16.7 Å². The largest absolute Gasteiger partial charge is 4.00 e. The summed E-state index contributed by atoms with van der Waals surface area (Å²) in [5, 5.41) is 0.595. The molecule has 0 radical (unpaired) electrons. The van der Waals surface area contributed by atoms with Crippen molar-refractivity contribution in [3.8, 4) is 0 Å². The van der Waals surface area contributed by atoms with Crippen LogP contribution < -0.4 is 0 Å². The van der Waals surface area contributed by atoms with E-state index in [1.807, 2.05) is 0 Å². The zero-order chi connectivity index (χ0) is 11.8. The van der Waals surface area contributed by atoms with Crippen molar-refractivity contribution >= 4 is 9.52 Å². The zero-order valence-corrected chi connectivity index (χ0v) is 17.8. The van der Waals surface area contributed by atoms with Gasteiger partial charge in [-0.3, -0.25) is 0 Å². The Balaban J connectivity index is -0.000000722. The zero-order valence-electron chi connectivity index (χ0n) is 14.8. The van der Waals surface area contributed by atoms with E-state index in [2.05, 4.69) is 33.8 Å². The fraction of sp³-hybridized carbons (Fsp3) is 0.611. The van der Waals surface area contributed by atoms with Gasteiger partial charge in [0.2, 0.25) is 0 Å². The van der Waals surface area contributed by atoms with Crippen LogP contribution in [0, 0.1) is 34.3 Å². The summed E-state index contributed by atoms with van der Waals surface area (Å²) >= 11 is 0. The first kappa shape index (κ1) is 25.4. The van der Waals surface area contributed by atoms with Gasteiger partial charge in [-0.05, 0) is 5.04 Å². The number of hydrogen-bond donors (Lipinski definition) is 0. The maximum atomic E-state index is 3.75. The maximum absolute atomic E-state index is 3.75. The molecular weight excluding hydrogens is 292 g/mol. The third kappa shape index (κ3) is 6.45. The predicted octanol–water partition coefficient (Wildman–Crippen LogP) is 5.39. The average Bonchev–Trinajstić information content (AvgIpc) is 2.53. The van der Waals surface area contributed by atoms with E-state index in [1.165, 1.54) is 31.7 Å². The second-order valence-electron chi connectivity index (χ2n) is 6.64. The second kappa shape index (κ2) is 10.2. The summed E-state index contributed by atoms with van der Waals surface area (Å²) in [6.07, 6.45) is 9.21. The third-order valence-corrected chi connectivity index (χ3v) is 6.30. The summed E-state index contributed by atoms with van der Waals surface area (Å²) in [7, 11) is 0.0220. The third-order valence-electron chi connectivity index (χ3n) is 4.01. The first-order valence-electron chi connectivity index (χ1n) is 6.82. The molecule has 0 saturated carbocycles. The summed E-state index contributed by atoms with van der Waals surface area (Å²) in [4.78, 5) is 0. The quantitative estimate of drug-likeness (QED) is 0.471. The van der Waals surface area contributed by atoms with Gasteiger partial charge in [-0.15, -0.1) is 0 Å². The standard InChI is InChI=1S/C15H25Si.3CH3.Ti/c1-11-13(10-16-15(2,3)4)9-12-7-5-6-8-14(11)12;;;;/h11H,5-8,10,16H2,1-4H3;3*1H3;/q4*-1;+4. The molecular formula is C18H34SiTi. The molecule has 0 heterocycles. The predicted molar refractivity (Wildman–Crippen MR) is 93.7 cm³/mol. The van der Waals surface area contributed by atoms with Gasteiger partial charge in [0.1, 0.15) is 0 Å². The molecule has 2 heteroatoms. The van der Waals surface area contributed by atoms with E-state index in [1.54, 1.807) is 16.7 Å². The van der Waals surface area contributed by atoms with Crippen molar-refractivity contribution in [3.63, 3.8) is 0 Å². The molecule has 0 bridgehead atoms. The van der Waals surface area contributed by atoms with Crippen LogP contribution in [0.25, 0.3) is 0 Å². The van der Waals surface area contributed by atoms with Crippen LogP contribution in [0.4, 0.5) is 0 Å². The Morgan fingerprint density at radius 1 is 1.10 bits per heavy atom. The summed E-state index contributed by atoms with van der Waals surface area (Å²) in [6, 6.07) is 1.39. The molecule has 0 aromatic heterocycles. The van der Waals surface area contributed by atoms with E-state index < -0.39 is 0 Å². The second-order valence-corrected chi connectivity index (χ2v) is 9.76. The molecule has 1 atom stereocenters. The SMILES string of the molecule is CC1C(C[SiH2]C(C)(C)C)=[C-]C2=C1CCCC2.[CH3-].[CH3-].[CH3-].[Ti+4]. The summed E-state index contributed by atoms with van der Waals surface area (Å²) in [5.41, 5.74) is 4.98. The van der Waals surface area contributed by atoms with Crippen molar-refractivity contribution in [2.24, 2.45) is 5.92 Å². The number of rotatable bonds is 2. The van der Waals surface area contributed by atoms with E-state index in [9.17, 15) is 0 Å². The molecule has 0 nitrogen and oxygen atoms in total. The Bertz CT molecular complexity index is 334. The van der Waals surface area contributed by atoms with E-state index in [4.69, 9.17) is 0 Å². The molecule has 0 aromatic carbocycles. The molecule has 0 saturated heterocycles. The van der Waals surface area contributed by atoms with Crippen LogP contribution in [0.1, 0.15) is 53.4 Å². The fourth-order valence-electron chi connectivity index (χ4n) is 2.85. The van der Waals surface area contributed by atoms with Gasteiger partial charge in [0.25, 0.3) is 0 Å². The van der Waals surface area contributed by atoms with Gasteiger partial charge in [0, 0.05) is 9.52 Å². The Morgan fingerprint density at radius 2 is 1.65 bits per heavy atom. The van der Waals surface area contributed by atoms with Gasteiger partial charge in [0.15, 0.2) is 0 Å². The van der Waals surface area contributed by atoms with Crippen molar-refractivity contribution in [1.29, 1.82) is 0 Å². The molecule has 0 fully saturated rings. The Hall–Kier alpha value is 0.411. The molecule has 20 heavy (non-hydrogen) atoms. The van der Waals surface area contributed by atoms with Crippen molar-refractivity contribution in [2.45, 2.75) is 64.5 Å². The van der Waals surface area contributed by atoms with Gasteiger partial charge in [0.05, 0.1) is 0 Å². The van der Waals surface area contributed by atoms with Gasteiger partial charge >= 0.3 is 21.7 Å². The normalized spacial score (nSPS) is 21.2. The van der Waals surface area contributed by atoms with E-state index in [0.29, 0.717) is 5.04 Å². The molecule has 0 aliphatic heterocycles. The molecule has 1 unspecified atom stereocenters. The van der Waals surface area contributed by atoms with Crippen molar-refractivity contribution in [1.82, 2.24) is 0 Å². The van der Waals surface area contributed by atoms with Gasteiger partial charge < -0.3 is 22.3 Å². The van der Waals surface area contributed by atoms with Crippen LogP contribution in [-0.2, 0) is 21.7 Å². The molecule has 0 aromatic rings. The van der Waals surface area contributed by atoms with E-state index in [0.717, 1.165) is 5.92 Å². The monoisotopic (exact) mass is 326 g/mol. The van der Waals surface area contributed by atoms with Crippen molar-refractivity contribution < 1.29 is 21.7 Å². The molecule has 0 amide bonds. The molecule has 2 aliphatic rings. The fourth-order valence-corrected chi connectivity index (χ4v) is 4.43. The van der Waals surface area contributed by atoms with Gasteiger partial charge in [-0.25, -0.2) is 17.2 Å². The maximum Gasteiger partial charge on any atom is 4.00 e. The smallest absolute Gasteiger partial charge is 0.358 e. The minimum absolute atomic E-state index is 0. The van der Waals surface area contributed by atoms with Crippen LogP contribution >= 0.6 is 0 Å². The van der Waals surface area contributed by atoms with Crippen molar-refractivity contribution in [3.05, 3.63) is 45.1 Å². The molecule has 0 N–H and O–H groups in total. The van der Waals surface area contributed by atoms with E-state index >= 15 is 0 Å². The van der Waals surface area contributed by atoms with Crippen molar-refractivity contribution in [2.75, 3.05) is 0 Å². The Labute approximate surface area is 146 Å². The number of allylic oxidation sites excluding steroid dienone is 4. The summed E-state index contributed by atoms with van der Waals surface area (Å²) in [5.74, 6) is 0.741. The summed E-state index contributed by atoms with van der Waals surface area (Å²) in [6.45, 7) is 9.60. The van der Waals surface area contributed by atoms with Crippen LogP contribution in [0.5, 0.6) is 0 Å². The molecule has 2 aliphatic carbocycles. The first-order valence-corrected chi connectivity index (χ1v) is 8.53. The Morgan fingerprint density at radius 3 is 2.15 bits per heavy atom. The van der Waals surface area contributed by atoms with E-state index in [-0.39, 0.29) is 53.5 Å². The van der Waals surface area contributed by atoms with Crippen LogP contribution in [-0.4, -0.2) is 9.52 Å². The Kier molecular flexibility index (Phi) is 12.9. The number of hydrogen-bond acceptors (Lipinski definition) is 0. The molecule has 114 valence electrons. The van der Waals surface area contributed by atoms with Crippen LogP contribution in [0.3, 0.4) is 0 Å². The summed E-state index contributed by atoms with van der Waals surface area (Å²) < 4.78 is 0. The first-order chi connectivity index (χ1) is 7.47. The molecule has 0 spiro atoms. The minimum Gasteiger partial charge on any atom is -0.358 e. The topological polar surface area (TPSA) is 0 Å². The van der Waals surface area contributed by atoms with Gasteiger partial charge in [-0.2, -0.15) is 5.57 Å². The average molecular weight is 326 g/mol. The molecule has 2 rings (SSSR count). The van der Waals surface area contributed by atoms with Gasteiger partial charge in [-0.1, -0.05) is 65.3 Å². The van der Waals surface area contributed by atoms with Crippen LogP contribution in [0.2, 0.25) is 11.1 Å². The minimum atomic E-state index is 0.